The van der Waals surface area contributed by atoms with Gasteiger partial charge in [0.2, 0.25) is 0 Å². The van der Waals surface area contributed by atoms with Crippen LogP contribution in [0.4, 0.5) is 0 Å². The maximum absolute atomic E-state index is 12.6. The molecule has 0 spiro atoms. The average molecular weight is 1240 g/mol. The van der Waals surface area contributed by atoms with Crippen LogP contribution in [-0.4, -0.2) is 132 Å². The number of hydrogen-bond donors (Lipinski definition) is 5. The van der Waals surface area contributed by atoms with Gasteiger partial charge in [-0.25, -0.2) is 18.9 Å². The number of rotatable bonds is 16. The second-order valence-electron chi connectivity index (χ2n) is 27.3. The van der Waals surface area contributed by atoms with E-state index in [2.05, 4.69) is 35.7 Å². The van der Waals surface area contributed by atoms with Gasteiger partial charge in [0.1, 0.15) is 36.6 Å². The molecule has 3 aromatic rings. The molecular weight excluding hydrogens is 1150 g/mol. The van der Waals surface area contributed by atoms with Crippen LogP contribution >= 0.6 is 14.5 Å². The Morgan fingerprint density at radius 3 is 1.02 bits per heavy atom. The highest BCUT2D eigenvalue weighted by molar-refractivity contribution is 8.07. The minimum Gasteiger partial charge on any atom is -0.374 e. The van der Waals surface area contributed by atoms with Crippen molar-refractivity contribution in [3.63, 3.8) is 0 Å². The zero-order valence-corrected chi connectivity index (χ0v) is 54.5. The van der Waals surface area contributed by atoms with Crippen molar-refractivity contribution in [3.05, 3.63) is 99.3 Å². The van der Waals surface area contributed by atoms with Gasteiger partial charge in [0.05, 0.1) is 35.1 Å². The fourth-order valence-electron chi connectivity index (χ4n) is 9.58. The Bertz CT molecular complexity index is 2940. The highest BCUT2D eigenvalue weighted by Crippen LogP contribution is 2.54. The van der Waals surface area contributed by atoms with Gasteiger partial charge in [0.15, 0.2) is 18.7 Å². The summed E-state index contributed by atoms with van der Waals surface area (Å²) in [5.41, 5.74) is -5.67. The molecule has 14 atom stereocenters. The van der Waals surface area contributed by atoms with Crippen LogP contribution in [0.25, 0.3) is 0 Å². The SMILES string of the molecule is CO[C@H]1C(OC(C)(C)C)[C@@H](CC(C)(C)C)O[C@H]1n1ccc(=O)[nH]c1=O.CO[C@H]1C(OP(=O)(O)OC(C)(C)C)[C@@H](CC(C)(C)C)O[C@H]1n1ccc(=O)[nH]c1=O.CO[C@H]1C(OP(O)(=S)OC(C)(C)C)[C@@H](CC(C)(C)C)O[C@H]1n1ccc(=O)[nH]c1=O. The molecule has 0 aliphatic carbocycles. The first-order chi connectivity index (χ1) is 37.6. The van der Waals surface area contributed by atoms with Crippen molar-refractivity contribution in [1.82, 2.24) is 28.7 Å². The molecule has 5 unspecified atom stereocenters. The minimum atomic E-state index is -4.46. The Morgan fingerprint density at radius 2 is 0.759 bits per heavy atom. The monoisotopic (exact) mass is 1240 g/mol. The molecule has 3 aromatic heterocycles. The Hall–Kier alpha value is -3.60. The Labute approximate surface area is 490 Å². The van der Waals surface area contributed by atoms with E-state index in [-0.39, 0.29) is 34.1 Å². The molecule has 0 saturated carbocycles. The predicted molar refractivity (Wildman–Crippen MR) is 313 cm³/mol. The molecule has 6 rings (SSSR count). The lowest BCUT2D eigenvalue weighted by Gasteiger charge is -2.32. The minimum absolute atomic E-state index is 0.0211. The third-order valence-corrected chi connectivity index (χ3v) is 15.3. The lowest BCUT2D eigenvalue weighted by atomic mass is 9.87. The van der Waals surface area contributed by atoms with E-state index in [9.17, 15) is 43.1 Å². The number of nitrogens with zero attached hydrogens (tertiary/aromatic N) is 3. The van der Waals surface area contributed by atoms with Crippen molar-refractivity contribution in [1.29, 1.82) is 0 Å². The number of aromatic amines is 3. The molecule has 3 aliphatic heterocycles. The zero-order chi connectivity index (χ0) is 63.4. The summed E-state index contributed by atoms with van der Waals surface area (Å²) in [6.07, 6.45) is -2.27. The number of phosphoric ester groups is 1. The molecular formula is C54H92N6O20P2S. The van der Waals surface area contributed by atoms with Crippen LogP contribution in [0.1, 0.15) is 163 Å². The van der Waals surface area contributed by atoms with Crippen molar-refractivity contribution in [2.75, 3.05) is 21.3 Å². The standard InChI is InChI=1S/C18H31N2O8P.C18H31N2O7PS.C18H30N2O5/c1-17(2,3)10-11-13(27-29(23,24)28-18(4,5)6)14(25-7)15(26-11)20-9-8-12(21)19-16(20)22;1-17(2,3)10-11-13(26-28(23,29)27-18(4,5)6)14(24-7)15(25-11)20-9-8-12(21)19-16(20)22;1-17(2,3)10-11-13(25-18(4,5)6)14(23-7)15(24-11)20-9-8-12(21)19-16(20)22/h8-9,11,13-15H,10H2,1-7H3,(H,23,24)(H,19,21,22);8-9,11,13-15H,10H2,1-7H3,(H,23,29)(H,19,21,22);8-9,11,13-15H,10H2,1-7H3,(H,19,21,22)/t11-,13?,14+,15-;11-,13?,14+,15-,28?;11-,13?,14+,15-/m111/s1. The third-order valence-electron chi connectivity index (χ3n) is 12.3. The van der Waals surface area contributed by atoms with Gasteiger partial charge in [-0.15, -0.1) is 0 Å². The molecule has 6 heterocycles. The van der Waals surface area contributed by atoms with Gasteiger partial charge in [0.25, 0.3) is 16.7 Å². The van der Waals surface area contributed by atoms with E-state index in [1.807, 2.05) is 62.3 Å². The summed E-state index contributed by atoms with van der Waals surface area (Å²) >= 11 is 5.22. The maximum atomic E-state index is 12.6. The molecule has 474 valence electrons. The van der Waals surface area contributed by atoms with Crippen LogP contribution in [-0.2, 0) is 67.6 Å². The van der Waals surface area contributed by atoms with Crippen LogP contribution in [0, 0.1) is 16.2 Å². The molecule has 83 heavy (non-hydrogen) atoms. The predicted octanol–water partition coefficient (Wildman–Crippen LogP) is 6.56. The quantitative estimate of drug-likeness (QED) is 0.0948. The Kier molecular flexibility index (Phi) is 23.9. The van der Waals surface area contributed by atoms with Crippen molar-refractivity contribution >= 4 is 26.3 Å². The zero-order valence-electron chi connectivity index (χ0n) is 51.9. The van der Waals surface area contributed by atoms with Gasteiger partial charge < -0.3 is 47.5 Å². The highest BCUT2D eigenvalue weighted by atomic mass is 32.5. The van der Waals surface area contributed by atoms with E-state index in [0.29, 0.717) is 12.8 Å². The van der Waals surface area contributed by atoms with Crippen molar-refractivity contribution < 1.29 is 65.6 Å². The molecule has 0 bridgehead atoms. The number of nitrogens with one attached hydrogen (secondary N) is 3. The van der Waals surface area contributed by atoms with Crippen LogP contribution < -0.4 is 33.7 Å². The molecule has 0 amide bonds. The highest BCUT2D eigenvalue weighted by Gasteiger charge is 2.53. The second-order valence-corrected chi connectivity index (χ2v) is 31.4. The van der Waals surface area contributed by atoms with Crippen molar-refractivity contribution in [2.24, 2.45) is 16.2 Å². The maximum Gasteiger partial charge on any atom is 0.473 e. The summed E-state index contributed by atoms with van der Waals surface area (Å²) in [4.78, 5) is 98.5. The lowest BCUT2D eigenvalue weighted by Crippen LogP contribution is -2.43. The Morgan fingerprint density at radius 1 is 0.470 bits per heavy atom. The largest absolute Gasteiger partial charge is 0.473 e. The first-order valence-electron chi connectivity index (χ1n) is 27.3. The molecule has 3 aliphatic rings. The molecule has 26 nitrogen and oxygen atoms in total. The number of aromatic nitrogens is 6. The summed E-state index contributed by atoms with van der Waals surface area (Å²) in [7, 11) is -0.0332. The van der Waals surface area contributed by atoms with Gasteiger partial charge >= 0.3 is 31.6 Å². The van der Waals surface area contributed by atoms with E-state index in [0.717, 1.165) is 6.42 Å². The summed E-state index contributed by atoms with van der Waals surface area (Å²) in [5, 5.41) is 0. The molecule has 3 fully saturated rings. The van der Waals surface area contributed by atoms with Gasteiger partial charge in [-0.05, 0) is 110 Å². The van der Waals surface area contributed by atoms with Gasteiger partial charge in [-0.1, -0.05) is 62.3 Å². The number of hydrogen-bond acceptors (Lipinski definition) is 19. The molecule has 0 radical (unpaired) electrons. The average Bonchev–Trinajstić information content (AvgIpc) is 3.30. The second kappa shape index (κ2) is 27.6. The van der Waals surface area contributed by atoms with E-state index >= 15 is 0 Å². The summed E-state index contributed by atoms with van der Waals surface area (Å²) < 4.78 is 79.9. The summed E-state index contributed by atoms with van der Waals surface area (Å²) in [5.74, 6) is 0. The number of ether oxygens (including phenoxy) is 7. The lowest BCUT2D eigenvalue weighted by molar-refractivity contribution is -0.124. The van der Waals surface area contributed by atoms with E-state index in [1.54, 1.807) is 48.7 Å². The smallest absolute Gasteiger partial charge is 0.374 e. The summed E-state index contributed by atoms with van der Waals surface area (Å²) in [6.45, 7) is 31.0. The fraction of sp³-hybridized carbons (Fsp3) is 0.778. The third kappa shape index (κ3) is 22.3. The van der Waals surface area contributed by atoms with Gasteiger partial charge in [0, 0.05) is 58.1 Å². The van der Waals surface area contributed by atoms with E-state index in [4.69, 9.17) is 63.1 Å². The topological polar surface area (TPSA) is 324 Å². The first-order valence-corrected chi connectivity index (χ1v) is 31.3. The molecule has 0 aromatic carbocycles. The number of H-pyrrole nitrogens is 3. The summed E-state index contributed by atoms with van der Waals surface area (Å²) in [6, 6.07) is 3.71. The van der Waals surface area contributed by atoms with Gasteiger partial charge in [-0.3, -0.25) is 56.6 Å². The normalized spacial score (nSPS) is 27.7. The molecule has 3 saturated heterocycles. The molecule has 5 N–H and O–H groups in total. The van der Waals surface area contributed by atoms with Crippen LogP contribution in [0.5, 0.6) is 0 Å². The first kappa shape index (κ1) is 71.9. The van der Waals surface area contributed by atoms with Crippen molar-refractivity contribution in [3.8, 4) is 0 Å². The van der Waals surface area contributed by atoms with Crippen LogP contribution in [0.2, 0.25) is 0 Å². The Balaban J connectivity index is 0.000000268. The molecule has 29 heteroatoms. The van der Waals surface area contributed by atoms with Crippen molar-refractivity contribution in [2.45, 2.75) is 234 Å². The van der Waals surface area contributed by atoms with E-state index < -0.39 is 121 Å². The van der Waals surface area contributed by atoms with E-state index in [1.165, 1.54) is 64.7 Å². The van der Waals surface area contributed by atoms with Crippen LogP contribution in [0.3, 0.4) is 0 Å². The van der Waals surface area contributed by atoms with Gasteiger partial charge in [-0.2, -0.15) is 0 Å². The number of phosphoric acid groups is 1. The fourth-order valence-corrected chi connectivity index (χ4v) is 13.1. The number of methoxy groups -OCH3 is 3. The van der Waals surface area contributed by atoms with Crippen LogP contribution in [0.15, 0.2) is 65.6 Å².